The molecule has 1 amide bonds. The fourth-order valence-corrected chi connectivity index (χ4v) is 5.49. The molecule has 0 aliphatic heterocycles. The third kappa shape index (κ3) is 6.80. The van der Waals surface area contributed by atoms with E-state index in [9.17, 15) is 13.2 Å². The fraction of sp³-hybridized carbons (Fsp3) is 0.565. The van der Waals surface area contributed by atoms with Gasteiger partial charge in [0, 0.05) is 18.5 Å². The molecule has 0 spiro atoms. The number of nitrogens with zero attached hydrogens (tertiary/aromatic N) is 2. The van der Waals surface area contributed by atoms with Crippen LogP contribution in [0.25, 0.3) is 0 Å². The SMILES string of the molecule is CC(C)OCCn1ccc(NC(=O)C(CC2CCCC2)c2ccc(S(C)(=O)=O)c(Cl)c2)n1. The van der Waals surface area contributed by atoms with E-state index in [0.717, 1.165) is 24.7 Å². The maximum absolute atomic E-state index is 13.3. The Morgan fingerprint density at radius 2 is 2.00 bits per heavy atom. The molecule has 1 saturated carbocycles. The van der Waals surface area contributed by atoms with Crippen molar-refractivity contribution in [3.63, 3.8) is 0 Å². The van der Waals surface area contributed by atoms with Crippen molar-refractivity contribution < 1.29 is 17.9 Å². The summed E-state index contributed by atoms with van der Waals surface area (Å²) >= 11 is 6.28. The normalized spacial score (nSPS) is 15.9. The molecule has 1 aliphatic rings. The minimum atomic E-state index is -3.43. The number of sulfone groups is 1. The first kappa shape index (κ1) is 24.7. The van der Waals surface area contributed by atoms with Crippen LogP contribution >= 0.6 is 11.6 Å². The van der Waals surface area contributed by atoms with Gasteiger partial charge in [0.25, 0.3) is 0 Å². The van der Waals surface area contributed by atoms with Gasteiger partial charge >= 0.3 is 0 Å². The summed E-state index contributed by atoms with van der Waals surface area (Å²) in [6.45, 7) is 5.10. The van der Waals surface area contributed by atoms with Crippen molar-refractivity contribution in [3.8, 4) is 0 Å². The van der Waals surface area contributed by atoms with E-state index in [0.29, 0.717) is 31.3 Å². The van der Waals surface area contributed by atoms with E-state index in [1.807, 2.05) is 20.0 Å². The van der Waals surface area contributed by atoms with E-state index in [2.05, 4.69) is 10.4 Å². The quantitative estimate of drug-likeness (QED) is 0.532. The molecule has 0 radical (unpaired) electrons. The maximum Gasteiger partial charge on any atom is 0.233 e. The molecule has 1 fully saturated rings. The van der Waals surface area contributed by atoms with Gasteiger partial charge in [-0.25, -0.2) is 8.42 Å². The van der Waals surface area contributed by atoms with Crippen molar-refractivity contribution in [1.82, 2.24) is 9.78 Å². The molecule has 176 valence electrons. The number of hydrogen-bond donors (Lipinski definition) is 1. The lowest BCUT2D eigenvalue weighted by Crippen LogP contribution is -2.23. The van der Waals surface area contributed by atoms with Crippen molar-refractivity contribution in [2.24, 2.45) is 5.92 Å². The predicted octanol–water partition coefficient (Wildman–Crippen LogP) is 4.67. The molecule has 1 aromatic carbocycles. The molecule has 7 nitrogen and oxygen atoms in total. The van der Waals surface area contributed by atoms with Crippen LogP contribution in [0.5, 0.6) is 0 Å². The number of carbonyl (C=O) groups excluding carboxylic acids is 1. The number of ether oxygens (including phenoxy) is 1. The topological polar surface area (TPSA) is 90.3 Å². The highest BCUT2D eigenvalue weighted by molar-refractivity contribution is 7.90. The van der Waals surface area contributed by atoms with Crippen LogP contribution in [0.15, 0.2) is 35.4 Å². The van der Waals surface area contributed by atoms with Gasteiger partial charge in [0.05, 0.1) is 35.1 Å². The summed E-state index contributed by atoms with van der Waals surface area (Å²) in [6, 6.07) is 6.56. The third-order valence-electron chi connectivity index (χ3n) is 5.78. The van der Waals surface area contributed by atoms with Crippen LogP contribution in [0, 0.1) is 5.92 Å². The van der Waals surface area contributed by atoms with Crippen molar-refractivity contribution in [1.29, 1.82) is 0 Å². The highest BCUT2D eigenvalue weighted by Gasteiger charge is 2.28. The van der Waals surface area contributed by atoms with Gasteiger partial charge in [-0.05, 0) is 43.9 Å². The molecule has 9 heteroatoms. The minimum Gasteiger partial charge on any atom is -0.377 e. The second-order valence-corrected chi connectivity index (χ2v) is 11.2. The van der Waals surface area contributed by atoms with E-state index in [1.54, 1.807) is 22.9 Å². The summed E-state index contributed by atoms with van der Waals surface area (Å²) in [4.78, 5) is 13.3. The van der Waals surface area contributed by atoms with Crippen molar-refractivity contribution in [2.75, 3.05) is 18.2 Å². The first-order valence-corrected chi connectivity index (χ1v) is 13.4. The summed E-state index contributed by atoms with van der Waals surface area (Å²) in [5.41, 5.74) is 0.719. The number of benzene rings is 1. The Kier molecular flexibility index (Phi) is 8.36. The van der Waals surface area contributed by atoms with Gasteiger partial charge in [0.2, 0.25) is 5.91 Å². The number of carbonyl (C=O) groups is 1. The number of hydrogen-bond acceptors (Lipinski definition) is 5. The summed E-state index contributed by atoms with van der Waals surface area (Å²) in [7, 11) is -3.43. The number of rotatable bonds is 10. The monoisotopic (exact) mass is 481 g/mol. The zero-order valence-electron chi connectivity index (χ0n) is 18.9. The molecule has 1 heterocycles. The van der Waals surface area contributed by atoms with E-state index in [1.165, 1.54) is 18.9 Å². The van der Waals surface area contributed by atoms with Gasteiger partial charge in [-0.1, -0.05) is 43.4 Å². The highest BCUT2D eigenvalue weighted by atomic mass is 35.5. The molecule has 3 rings (SSSR count). The molecule has 1 aliphatic carbocycles. The standard InChI is InChI=1S/C23H32ClN3O4S/c1-16(2)31-13-12-27-11-10-22(26-27)25-23(28)19(14-17-6-4-5-7-17)18-8-9-21(20(24)15-18)32(3,29)30/h8-11,15-17,19H,4-7,12-14H2,1-3H3,(H,25,26,28). The number of aromatic nitrogens is 2. The van der Waals surface area contributed by atoms with Gasteiger partial charge in [0.1, 0.15) is 0 Å². The van der Waals surface area contributed by atoms with Gasteiger partial charge in [0.15, 0.2) is 15.7 Å². The van der Waals surface area contributed by atoms with Crippen LogP contribution in [0.2, 0.25) is 5.02 Å². The Morgan fingerprint density at radius 1 is 1.28 bits per heavy atom. The Hall–Kier alpha value is -1.90. The zero-order chi connectivity index (χ0) is 23.3. The van der Waals surface area contributed by atoms with Crippen LogP contribution in [0.1, 0.15) is 57.4 Å². The zero-order valence-corrected chi connectivity index (χ0v) is 20.5. The molecule has 1 unspecified atom stereocenters. The second kappa shape index (κ2) is 10.8. The van der Waals surface area contributed by atoms with Crippen molar-refractivity contribution >= 4 is 33.2 Å². The first-order chi connectivity index (χ1) is 15.1. The molecule has 1 N–H and O–H groups in total. The lowest BCUT2D eigenvalue weighted by atomic mass is 9.87. The second-order valence-electron chi connectivity index (χ2n) is 8.77. The van der Waals surface area contributed by atoms with E-state index in [-0.39, 0.29) is 21.9 Å². The molecule has 32 heavy (non-hydrogen) atoms. The molecule has 2 aromatic rings. The average molecular weight is 482 g/mol. The molecular formula is C23H32ClN3O4S. The molecular weight excluding hydrogens is 450 g/mol. The smallest absolute Gasteiger partial charge is 0.233 e. The van der Waals surface area contributed by atoms with Crippen LogP contribution < -0.4 is 5.32 Å². The Labute approximate surface area is 195 Å². The number of nitrogens with one attached hydrogen (secondary N) is 1. The molecule has 1 atom stereocenters. The lowest BCUT2D eigenvalue weighted by Gasteiger charge is -2.21. The predicted molar refractivity (Wildman–Crippen MR) is 126 cm³/mol. The molecule has 0 saturated heterocycles. The van der Waals surface area contributed by atoms with Gasteiger partial charge in [-0.2, -0.15) is 5.10 Å². The number of anilines is 1. The van der Waals surface area contributed by atoms with Crippen LogP contribution in [-0.4, -0.2) is 43.1 Å². The minimum absolute atomic E-state index is 0.0744. The van der Waals surface area contributed by atoms with Crippen LogP contribution in [0.3, 0.4) is 0 Å². The van der Waals surface area contributed by atoms with E-state index in [4.69, 9.17) is 16.3 Å². The van der Waals surface area contributed by atoms with Gasteiger partial charge in [-0.3, -0.25) is 9.48 Å². The summed E-state index contributed by atoms with van der Waals surface area (Å²) in [6.07, 6.45) is 8.34. The average Bonchev–Trinajstić information content (AvgIpc) is 3.36. The molecule has 0 bridgehead atoms. The fourth-order valence-electron chi connectivity index (χ4n) is 4.16. The van der Waals surface area contributed by atoms with Gasteiger partial charge in [-0.15, -0.1) is 0 Å². The van der Waals surface area contributed by atoms with Crippen molar-refractivity contribution in [3.05, 3.63) is 41.0 Å². The largest absolute Gasteiger partial charge is 0.377 e. The Morgan fingerprint density at radius 3 is 2.62 bits per heavy atom. The van der Waals surface area contributed by atoms with Gasteiger partial charge < -0.3 is 10.1 Å². The third-order valence-corrected chi connectivity index (χ3v) is 7.36. The lowest BCUT2D eigenvalue weighted by molar-refractivity contribution is -0.118. The summed E-state index contributed by atoms with van der Waals surface area (Å²) in [5.74, 6) is 0.349. The summed E-state index contributed by atoms with van der Waals surface area (Å²) < 4.78 is 31.1. The van der Waals surface area contributed by atoms with Crippen molar-refractivity contribution in [2.45, 2.75) is 69.4 Å². The molecule has 1 aromatic heterocycles. The number of halogens is 1. The van der Waals surface area contributed by atoms with Crippen LogP contribution in [0.4, 0.5) is 5.82 Å². The highest BCUT2D eigenvalue weighted by Crippen LogP contribution is 2.36. The summed E-state index contributed by atoms with van der Waals surface area (Å²) in [5, 5.41) is 7.49. The van der Waals surface area contributed by atoms with E-state index < -0.39 is 15.8 Å². The van der Waals surface area contributed by atoms with E-state index >= 15 is 0 Å². The number of amides is 1. The Bertz CT molecular complexity index is 1030. The van der Waals surface area contributed by atoms with Crippen LogP contribution in [-0.2, 0) is 25.9 Å². The first-order valence-electron chi connectivity index (χ1n) is 11.1. The maximum atomic E-state index is 13.3. The Balaban J connectivity index is 1.76.